The van der Waals surface area contributed by atoms with Gasteiger partial charge >= 0.3 is 0 Å². The van der Waals surface area contributed by atoms with Crippen molar-refractivity contribution in [1.82, 2.24) is 5.32 Å². The van der Waals surface area contributed by atoms with Gasteiger partial charge in [0.25, 0.3) is 0 Å². The SMILES string of the molecule is CCS(=O)(=O)CCNC(C)(C)C(C)(C)O. The summed E-state index contributed by atoms with van der Waals surface area (Å²) in [4.78, 5) is 0. The van der Waals surface area contributed by atoms with Crippen LogP contribution in [0.25, 0.3) is 0 Å². The lowest BCUT2D eigenvalue weighted by molar-refractivity contribution is -0.00345. The maximum atomic E-state index is 11.2. The molecule has 4 nitrogen and oxygen atoms in total. The topological polar surface area (TPSA) is 66.4 Å². The summed E-state index contributed by atoms with van der Waals surface area (Å²) in [6, 6.07) is 0. The molecule has 0 aromatic heterocycles. The average Bonchev–Trinajstić information content (AvgIpc) is 2.01. The molecule has 0 heterocycles. The Kier molecular flexibility index (Phi) is 4.76. The summed E-state index contributed by atoms with van der Waals surface area (Å²) in [6.45, 7) is 9.11. The van der Waals surface area contributed by atoms with Crippen LogP contribution < -0.4 is 5.32 Å². The molecule has 0 rings (SSSR count). The highest BCUT2D eigenvalue weighted by Crippen LogP contribution is 2.19. The van der Waals surface area contributed by atoms with E-state index < -0.39 is 21.0 Å². The Balaban J connectivity index is 4.19. The Labute approximate surface area is 93.0 Å². The summed E-state index contributed by atoms with van der Waals surface area (Å²) in [5, 5.41) is 12.9. The fraction of sp³-hybridized carbons (Fsp3) is 1.00. The van der Waals surface area contributed by atoms with Crippen LogP contribution in [0, 0.1) is 0 Å². The van der Waals surface area contributed by atoms with Gasteiger partial charge in [0.1, 0.15) is 0 Å². The number of sulfone groups is 1. The monoisotopic (exact) mass is 237 g/mol. The fourth-order valence-electron chi connectivity index (χ4n) is 0.880. The van der Waals surface area contributed by atoms with Gasteiger partial charge in [0, 0.05) is 17.8 Å². The Hall–Kier alpha value is -0.130. The number of hydrogen-bond donors (Lipinski definition) is 2. The van der Waals surface area contributed by atoms with Crippen LogP contribution in [0.5, 0.6) is 0 Å². The molecule has 15 heavy (non-hydrogen) atoms. The highest BCUT2D eigenvalue weighted by Gasteiger charge is 2.34. The van der Waals surface area contributed by atoms with Crippen LogP contribution in [-0.4, -0.2) is 42.7 Å². The van der Waals surface area contributed by atoms with E-state index >= 15 is 0 Å². The summed E-state index contributed by atoms with van der Waals surface area (Å²) in [5.74, 6) is 0.278. The second kappa shape index (κ2) is 4.80. The highest BCUT2D eigenvalue weighted by molar-refractivity contribution is 7.91. The van der Waals surface area contributed by atoms with Crippen LogP contribution >= 0.6 is 0 Å². The molecule has 0 saturated carbocycles. The van der Waals surface area contributed by atoms with Crippen molar-refractivity contribution < 1.29 is 13.5 Å². The number of hydrogen-bond acceptors (Lipinski definition) is 4. The molecule has 0 atom stereocenters. The maximum absolute atomic E-state index is 11.2. The maximum Gasteiger partial charge on any atom is 0.151 e. The van der Waals surface area contributed by atoms with Crippen LogP contribution in [0.15, 0.2) is 0 Å². The molecular weight excluding hydrogens is 214 g/mol. The van der Waals surface area contributed by atoms with Crippen molar-refractivity contribution >= 4 is 9.84 Å². The van der Waals surface area contributed by atoms with Crippen molar-refractivity contribution in [3.8, 4) is 0 Å². The van der Waals surface area contributed by atoms with E-state index in [1.54, 1.807) is 20.8 Å². The van der Waals surface area contributed by atoms with Crippen LogP contribution in [0.1, 0.15) is 34.6 Å². The van der Waals surface area contributed by atoms with E-state index in [1.165, 1.54) is 0 Å². The van der Waals surface area contributed by atoms with E-state index in [9.17, 15) is 13.5 Å². The van der Waals surface area contributed by atoms with Crippen LogP contribution in [0.4, 0.5) is 0 Å². The normalized spacial score (nSPS) is 14.3. The van der Waals surface area contributed by atoms with Crippen LogP contribution in [0.2, 0.25) is 0 Å². The highest BCUT2D eigenvalue weighted by atomic mass is 32.2. The summed E-state index contributed by atoms with van der Waals surface area (Å²) < 4.78 is 22.5. The van der Waals surface area contributed by atoms with E-state index in [2.05, 4.69) is 5.32 Å². The molecule has 2 N–H and O–H groups in total. The standard InChI is InChI=1S/C10H23NO3S/c1-6-15(13,14)8-7-11-9(2,3)10(4,5)12/h11-12H,6-8H2,1-5H3. The first-order valence-electron chi connectivity index (χ1n) is 5.19. The van der Waals surface area contributed by atoms with Gasteiger partial charge in [-0.3, -0.25) is 0 Å². The van der Waals surface area contributed by atoms with Gasteiger partial charge in [-0.15, -0.1) is 0 Å². The van der Waals surface area contributed by atoms with Crippen molar-refractivity contribution in [3.63, 3.8) is 0 Å². The lowest BCUT2D eigenvalue weighted by atomic mass is 9.86. The molecular formula is C10H23NO3S. The van der Waals surface area contributed by atoms with Crippen molar-refractivity contribution in [3.05, 3.63) is 0 Å². The summed E-state index contributed by atoms with van der Waals surface area (Å²) >= 11 is 0. The van der Waals surface area contributed by atoms with Gasteiger partial charge in [0.15, 0.2) is 9.84 Å². The first-order valence-corrected chi connectivity index (χ1v) is 7.02. The third-order valence-corrected chi connectivity index (χ3v) is 4.66. The molecule has 0 amide bonds. The molecule has 0 unspecified atom stereocenters. The molecule has 0 aromatic rings. The zero-order chi connectivity index (χ0) is 12.3. The average molecular weight is 237 g/mol. The Morgan fingerprint density at radius 1 is 1.20 bits per heavy atom. The number of rotatable bonds is 6. The van der Waals surface area contributed by atoms with Crippen molar-refractivity contribution in [1.29, 1.82) is 0 Å². The zero-order valence-corrected chi connectivity index (χ0v) is 11.1. The van der Waals surface area contributed by atoms with Gasteiger partial charge in [0.05, 0.1) is 11.4 Å². The smallest absolute Gasteiger partial charge is 0.151 e. The van der Waals surface area contributed by atoms with Gasteiger partial charge in [-0.25, -0.2) is 8.42 Å². The van der Waals surface area contributed by atoms with Gasteiger partial charge in [0.2, 0.25) is 0 Å². The molecule has 0 aliphatic carbocycles. The lowest BCUT2D eigenvalue weighted by Crippen LogP contribution is -2.56. The molecule has 92 valence electrons. The molecule has 0 spiro atoms. The minimum atomic E-state index is -2.93. The molecule has 0 aliphatic heterocycles. The van der Waals surface area contributed by atoms with E-state index in [-0.39, 0.29) is 11.5 Å². The van der Waals surface area contributed by atoms with Crippen molar-refractivity contribution in [2.24, 2.45) is 0 Å². The Bertz CT molecular complexity index is 288. The van der Waals surface area contributed by atoms with Crippen molar-refractivity contribution in [2.75, 3.05) is 18.1 Å². The molecule has 0 fully saturated rings. The van der Waals surface area contributed by atoms with Gasteiger partial charge in [-0.1, -0.05) is 6.92 Å². The van der Waals surface area contributed by atoms with Gasteiger partial charge in [-0.05, 0) is 27.7 Å². The third kappa shape index (κ3) is 4.95. The third-order valence-electron chi connectivity index (χ3n) is 2.95. The van der Waals surface area contributed by atoms with E-state index in [4.69, 9.17) is 0 Å². The molecule has 0 radical (unpaired) electrons. The number of aliphatic hydroxyl groups is 1. The lowest BCUT2D eigenvalue weighted by Gasteiger charge is -2.38. The minimum absolute atomic E-state index is 0.114. The van der Waals surface area contributed by atoms with Crippen LogP contribution in [-0.2, 0) is 9.84 Å². The summed E-state index contributed by atoms with van der Waals surface area (Å²) in [7, 11) is -2.93. The molecule has 0 aliphatic rings. The second-order valence-corrected chi connectivity index (χ2v) is 7.32. The first-order chi connectivity index (χ1) is 6.52. The van der Waals surface area contributed by atoms with E-state index in [0.717, 1.165) is 0 Å². The Morgan fingerprint density at radius 3 is 2.00 bits per heavy atom. The van der Waals surface area contributed by atoms with E-state index in [1.807, 2.05) is 13.8 Å². The van der Waals surface area contributed by atoms with Crippen LogP contribution in [0.3, 0.4) is 0 Å². The fourth-order valence-corrected chi connectivity index (χ4v) is 1.58. The molecule has 0 bridgehead atoms. The molecule has 0 aromatic carbocycles. The Morgan fingerprint density at radius 2 is 1.67 bits per heavy atom. The van der Waals surface area contributed by atoms with Gasteiger partial charge in [-0.2, -0.15) is 0 Å². The quantitative estimate of drug-likeness (QED) is 0.708. The second-order valence-electron chi connectivity index (χ2n) is 4.85. The zero-order valence-electron chi connectivity index (χ0n) is 10.3. The summed E-state index contributed by atoms with van der Waals surface area (Å²) in [5.41, 5.74) is -1.39. The minimum Gasteiger partial charge on any atom is -0.389 e. The number of nitrogens with one attached hydrogen (secondary N) is 1. The van der Waals surface area contributed by atoms with Gasteiger partial charge < -0.3 is 10.4 Å². The predicted molar refractivity (Wildman–Crippen MR) is 62.7 cm³/mol. The largest absolute Gasteiger partial charge is 0.389 e. The van der Waals surface area contributed by atoms with Crippen molar-refractivity contribution in [2.45, 2.75) is 45.8 Å². The first kappa shape index (κ1) is 14.9. The summed E-state index contributed by atoms with van der Waals surface area (Å²) in [6.07, 6.45) is 0. The van der Waals surface area contributed by atoms with E-state index in [0.29, 0.717) is 6.54 Å². The molecule has 0 saturated heterocycles. The molecule has 5 heteroatoms. The predicted octanol–water partition coefficient (Wildman–Crippen LogP) is 0.560.